The minimum Gasteiger partial charge on any atom is -0.444 e. The van der Waals surface area contributed by atoms with Crippen LogP contribution in [0, 0.1) is 5.82 Å². The van der Waals surface area contributed by atoms with Gasteiger partial charge in [-0.05, 0) is 45.9 Å². The second kappa shape index (κ2) is 6.44. The minimum absolute atomic E-state index is 0.0355. The molecule has 0 aliphatic carbocycles. The van der Waals surface area contributed by atoms with Crippen LogP contribution in [0.5, 0.6) is 0 Å². The third-order valence-corrected chi connectivity index (χ3v) is 4.00. The first-order valence-corrected chi connectivity index (χ1v) is 8.16. The van der Waals surface area contributed by atoms with Crippen molar-refractivity contribution in [3.8, 4) is 0 Å². The predicted molar refractivity (Wildman–Crippen MR) is 88.7 cm³/mol. The minimum atomic E-state index is -0.508. The molecule has 0 bridgehead atoms. The number of rotatable bonds is 1. The van der Waals surface area contributed by atoms with Crippen molar-refractivity contribution in [3.63, 3.8) is 0 Å². The number of nitrogens with zero attached hydrogens (tertiary/aromatic N) is 2. The molecule has 1 saturated heterocycles. The van der Waals surface area contributed by atoms with Crippen molar-refractivity contribution in [2.75, 3.05) is 24.5 Å². The second-order valence-electron chi connectivity index (χ2n) is 6.56. The van der Waals surface area contributed by atoms with E-state index in [-0.39, 0.29) is 18.0 Å². The van der Waals surface area contributed by atoms with Gasteiger partial charge in [-0.2, -0.15) is 0 Å². The van der Waals surface area contributed by atoms with Crippen molar-refractivity contribution < 1.29 is 13.9 Å². The van der Waals surface area contributed by atoms with Crippen LogP contribution >= 0.6 is 15.9 Å². The lowest BCUT2D eigenvalue weighted by atomic mass is 10.1. The van der Waals surface area contributed by atoms with E-state index in [0.717, 1.165) is 0 Å². The summed E-state index contributed by atoms with van der Waals surface area (Å²) in [6.45, 7) is 9.19. The quantitative estimate of drug-likeness (QED) is 0.745. The number of hydrogen-bond donors (Lipinski definition) is 0. The Morgan fingerprint density at radius 1 is 1.36 bits per heavy atom. The lowest BCUT2D eigenvalue weighted by Gasteiger charge is -2.41. The summed E-state index contributed by atoms with van der Waals surface area (Å²) >= 11 is 3.26. The molecule has 0 spiro atoms. The van der Waals surface area contributed by atoms with Crippen LogP contribution in [0.2, 0.25) is 0 Å². The van der Waals surface area contributed by atoms with Crippen molar-refractivity contribution in [3.05, 3.63) is 28.5 Å². The number of carbonyl (C=O) groups is 1. The Morgan fingerprint density at radius 2 is 2.05 bits per heavy atom. The molecule has 1 atom stereocenters. The number of piperazine rings is 1. The third-order valence-electron chi connectivity index (χ3n) is 3.51. The zero-order chi connectivity index (χ0) is 16.5. The van der Waals surface area contributed by atoms with Gasteiger partial charge >= 0.3 is 6.09 Å². The van der Waals surface area contributed by atoms with Gasteiger partial charge in [0.15, 0.2) is 0 Å². The molecule has 0 aromatic heterocycles. The van der Waals surface area contributed by atoms with Crippen LogP contribution in [0.4, 0.5) is 14.9 Å². The molecule has 1 fully saturated rings. The zero-order valence-corrected chi connectivity index (χ0v) is 15.0. The lowest BCUT2D eigenvalue weighted by Crippen LogP contribution is -2.55. The zero-order valence-electron chi connectivity index (χ0n) is 13.4. The highest BCUT2D eigenvalue weighted by Crippen LogP contribution is 2.26. The number of hydrogen-bond acceptors (Lipinski definition) is 3. The van der Waals surface area contributed by atoms with Gasteiger partial charge < -0.3 is 14.5 Å². The summed E-state index contributed by atoms with van der Waals surface area (Å²) in [6, 6.07) is 5.00. The second-order valence-corrected chi connectivity index (χ2v) is 7.48. The van der Waals surface area contributed by atoms with E-state index < -0.39 is 5.60 Å². The Morgan fingerprint density at radius 3 is 2.59 bits per heavy atom. The van der Waals surface area contributed by atoms with Crippen molar-refractivity contribution in [2.24, 2.45) is 0 Å². The summed E-state index contributed by atoms with van der Waals surface area (Å²) in [5.74, 6) is -0.257. The van der Waals surface area contributed by atoms with Gasteiger partial charge in [-0.25, -0.2) is 9.18 Å². The van der Waals surface area contributed by atoms with E-state index in [0.29, 0.717) is 29.8 Å². The standard InChI is InChI=1S/C16H22BrFN2O2/c1-11-10-19(14-6-5-12(17)9-13(14)18)7-8-20(11)15(21)22-16(2,3)4/h5-6,9,11H,7-8,10H2,1-4H3. The molecule has 22 heavy (non-hydrogen) atoms. The number of halogens is 2. The van der Waals surface area contributed by atoms with Crippen molar-refractivity contribution in [2.45, 2.75) is 39.3 Å². The van der Waals surface area contributed by atoms with E-state index in [4.69, 9.17) is 4.74 Å². The molecule has 1 aliphatic rings. The molecule has 6 heteroatoms. The monoisotopic (exact) mass is 372 g/mol. The Balaban J connectivity index is 2.05. The maximum atomic E-state index is 14.1. The summed E-state index contributed by atoms with van der Waals surface area (Å²) in [7, 11) is 0. The molecule has 2 rings (SSSR count). The van der Waals surface area contributed by atoms with Gasteiger partial charge in [0.05, 0.1) is 5.69 Å². The summed E-state index contributed by atoms with van der Waals surface area (Å²) < 4.78 is 20.2. The molecular formula is C16H22BrFN2O2. The molecule has 0 N–H and O–H groups in total. The highest BCUT2D eigenvalue weighted by molar-refractivity contribution is 9.10. The van der Waals surface area contributed by atoms with Gasteiger partial charge in [0.2, 0.25) is 0 Å². The highest BCUT2D eigenvalue weighted by Gasteiger charge is 2.31. The fourth-order valence-corrected chi connectivity index (χ4v) is 2.84. The number of ether oxygens (including phenoxy) is 1. The molecule has 1 heterocycles. The smallest absolute Gasteiger partial charge is 0.410 e. The molecule has 4 nitrogen and oxygen atoms in total. The number of benzene rings is 1. The summed E-state index contributed by atoms with van der Waals surface area (Å²) in [5, 5.41) is 0. The topological polar surface area (TPSA) is 32.8 Å². The van der Waals surface area contributed by atoms with Crippen LogP contribution in [0.1, 0.15) is 27.7 Å². The number of amides is 1. The maximum absolute atomic E-state index is 14.1. The van der Waals surface area contributed by atoms with Crippen LogP contribution in [0.15, 0.2) is 22.7 Å². The fraction of sp³-hybridized carbons (Fsp3) is 0.562. The van der Waals surface area contributed by atoms with Crippen molar-refractivity contribution in [1.29, 1.82) is 0 Å². The van der Waals surface area contributed by atoms with E-state index in [1.807, 2.05) is 38.7 Å². The van der Waals surface area contributed by atoms with Crippen molar-refractivity contribution in [1.82, 2.24) is 4.90 Å². The van der Waals surface area contributed by atoms with E-state index in [9.17, 15) is 9.18 Å². The first-order chi connectivity index (χ1) is 10.2. The molecule has 0 radical (unpaired) electrons. The molecule has 1 unspecified atom stereocenters. The molecule has 1 aromatic carbocycles. The Kier molecular flexibility index (Phi) is 5.00. The fourth-order valence-electron chi connectivity index (χ4n) is 2.51. The molecule has 0 saturated carbocycles. The van der Waals surface area contributed by atoms with E-state index in [1.165, 1.54) is 6.07 Å². The van der Waals surface area contributed by atoms with Gasteiger partial charge in [0, 0.05) is 30.1 Å². The van der Waals surface area contributed by atoms with Gasteiger partial charge in [0.25, 0.3) is 0 Å². The largest absolute Gasteiger partial charge is 0.444 e. The molecule has 1 amide bonds. The van der Waals surface area contributed by atoms with Gasteiger partial charge in [-0.3, -0.25) is 0 Å². The van der Waals surface area contributed by atoms with Crippen LogP contribution in [-0.2, 0) is 4.74 Å². The van der Waals surface area contributed by atoms with Crippen LogP contribution in [0.3, 0.4) is 0 Å². The third kappa shape index (κ3) is 4.12. The van der Waals surface area contributed by atoms with E-state index in [2.05, 4.69) is 15.9 Å². The maximum Gasteiger partial charge on any atom is 0.410 e. The summed E-state index contributed by atoms with van der Waals surface area (Å²) in [4.78, 5) is 15.9. The molecule has 1 aromatic rings. The molecule has 1 aliphatic heterocycles. The van der Waals surface area contributed by atoms with Crippen LogP contribution in [0.25, 0.3) is 0 Å². The number of anilines is 1. The highest BCUT2D eigenvalue weighted by atomic mass is 79.9. The SMILES string of the molecule is CC1CN(c2ccc(Br)cc2F)CCN1C(=O)OC(C)(C)C. The van der Waals surface area contributed by atoms with E-state index in [1.54, 1.807) is 11.0 Å². The molecular weight excluding hydrogens is 351 g/mol. The summed E-state index contributed by atoms with van der Waals surface area (Å²) in [6.07, 6.45) is -0.309. The normalized spacial score (nSPS) is 19.3. The van der Waals surface area contributed by atoms with Crippen LogP contribution in [-0.4, -0.2) is 42.3 Å². The van der Waals surface area contributed by atoms with Crippen LogP contribution < -0.4 is 4.90 Å². The van der Waals surface area contributed by atoms with Crippen molar-refractivity contribution >= 4 is 27.7 Å². The summed E-state index contributed by atoms with van der Waals surface area (Å²) in [5.41, 5.74) is 0.0602. The number of carbonyl (C=O) groups excluding carboxylic acids is 1. The Labute approximate surface area is 139 Å². The van der Waals surface area contributed by atoms with Gasteiger partial charge in [0.1, 0.15) is 11.4 Å². The first-order valence-electron chi connectivity index (χ1n) is 7.37. The van der Waals surface area contributed by atoms with Gasteiger partial charge in [-0.15, -0.1) is 0 Å². The molecule has 122 valence electrons. The Bertz CT molecular complexity index is 560. The average molecular weight is 373 g/mol. The average Bonchev–Trinajstić information content (AvgIpc) is 2.36. The van der Waals surface area contributed by atoms with E-state index >= 15 is 0 Å². The van der Waals surface area contributed by atoms with Gasteiger partial charge in [-0.1, -0.05) is 15.9 Å². The lowest BCUT2D eigenvalue weighted by molar-refractivity contribution is 0.0159. The Hall–Kier alpha value is -1.30. The first kappa shape index (κ1) is 17.1. The predicted octanol–water partition coefficient (Wildman–Crippen LogP) is 4.03.